The average Bonchev–Trinajstić information content (AvgIpc) is 3.43. The molecule has 39 heavy (non-hydrogen) atoms. The number of nitrogens with zero attached hydrogens (tertiary/aromatic N) is 4. The number of methoxy groups -OCH3 is 2. The molecule has 10 nitrogen and oxygen atoms in total. The number of hydrogen-bond acceptors (Lipinski definition) is 9. The lowest BCUT2D eigenvalue weighted by atomic mass is 10.0. The highest BCUT2D eigenvalue weighted by atomic mass is 35.5. The number of carbonyl (C=O) groups excluding carboxylic acids is 1. The smallest absolute Gasteiger partial charge is 0.247 e. The van der Waals surface area contributed by atoms with Crippen molar-refractivity contribution in [3.63, 3.8) is 0 Å². The molecule has 2 heterocycles. The van der Waals surface area contributed by atoms with E-state index in [0.717, 1.165) is 11.3 Å². The Kier molecular flexibility index (Phi) is 9.18. The van der Waals surface area contributed by atoms with Crippen LogP contribution in [0, 0.1) is 5.82 Å². The molecule has 2 N–H and O–H groups in total. The first-order valence-electron chi connectivity index (χ1n) is 12.2. The summed E-state index contributed by atoms with van der Waals surface area (Å²) in [5.41, 5.74) is 2.56. The molecular formula is C27H30ClFN6O4. The van der Waals surface area contributed by atoms with Crippen molar-refractivity contribution in [2.45, 2.75) is 12.5 Å². The first kappa shape index (κ1) is 28.1. The minimum absolute atomic E-state index is 0.0613. The maximum absolute atomic E-state index is 14.1. The molecule has 1 aromatic heterocycles. The summed E-state index contributed by atoms with van der Waals surface area (Å²) in [4.78, 5) is 28.7. The SMILES string of the molecule is C=CC(=O)Nc1cc(Nc2cc(N3OCC[C@@H]3c3ccc(Cl)c(F)c3)ncn2)c(OC)cc1N(C)CCOC. The van der Waals surface area contributed by atoms with Crippen molar-refractivity contribution in [1.29, 1.82) is 0 Å². The maximum atomic E-state index is 14.1. The molecule has 1 amide bonds. The lowest BCUT2D eigenvalue weighted by molar-refractivity contribution is -0.111. The molecule has 1 atom stereocenters. The molecule has 0 spiro atoms. The molecule has 4 rings (SSSR count). The number of benzene rings is 2. The fourth-order valence-corrected chi connectivity index (χ4v) is 4.29. The van der Waals surface area contributed by atoms with E-state index in [0.29, 0.717) is 54.9 Å². The van der Waals surface area contributed by atoms with E-state index in [4.69, 9.17) is 25.9 Å². The van der Waals surface area contributed by atoms with Crippen molar-refractivity contribution < 1.29 is 23.5 Å². The molecule has 1 aliphatic rings. The summed E-state index contributed by atoms with van der Waals surface area (Å²) in [6, 6.07) is 9.74. The van der Waals surface area contributed by atoms with Crippen molar-refractivity contribution in [3.8, 4) is 5.75 Å². The number of rotatable bonds is 11. The van der Waals surface area contributed by atoms with E-state index in [1.54, 1.807) is 37.5 Å². The van der Waals surface area contributed by atoms with Gasteiger partial charge in [0.15, 0.2) is 5.82 Å². The van der Waals surface area contributed by atoms with Crippen molar-refractivity contribution >= 4 is 46.2 Å². The molecule has 3 aromatic rings. The molecule has 1 saturated heterocycles. The number of amides is 1. The minimum atomic E-state index is -0.492. The fraction of sp³-hybridized carbons (Fsp3) is 0.296. The van der Waals surface area contributed by atoms with Gasteiger partial charge in [-0.1, -0.05) is 24.2 Å². The molecule has 0 radical (unpaired) electrons. The molecule has 0 unspecified atom stereocenters. The van der Waals surface area contributed by atoms with Gasteiger partial charge in [0, 0.05) is 39.3 Å². The first-order chi connectivity index (χ1) is 18.8. The van der Waals surface area contributed by atoms with Crippen LogP contribution in [0.3, 0.4) is 0 Å². The fourth-order valence-electron chi connectivity index (χ4n) is 4.18. The summed E-state index contributed by atoms with van der Waals surface area (Å²) in [7, 11) is 5.07. The first-order valence-corrected chi connectivity index (χ1v) is 12.5. The van der Waals surface area contributed by atoms with E-state index in [2.05, 4.69) is 27.2 Å². The molecule has 2 aromatic carbocycles. The van der Waals surface area contributed by atoms with Gasteiger partial charge in [-0.3, -0.25) is 9.63 Å². The standard InChI is InChI=1S/C27H30ClFN6O4/c1-5-27(36)33-20-13-21(24(38-4)14-23(20)34(2)9-11-37-3)32-25-15-26(31-16-30-25)35-22(8-10-39-35)17-6-7-18(28)19(29)12-17/h5-7,12-16,22H,1,8-11H2,2-4H3,(H,33,36)(H,30,31,32)/t22-/m1/s1. The van der Waals surface area contributed by atoms with Gasteiger partial charge in [-0.25, -0.2) is 19.4 Å². The lowest BCUT2D eigenvalue weighted by Gasteiger charge is -2.25. The number of hydrogen-bond donors (Lipinski definition) is 2. The second-order valence-corrected chi connectivity index (χ2v) is 9.11. The predicted molar refractivity (Wildman–Crippen MR) is 149 cm³/mol. The van der Waals surface area contributed by atoms with Crippen LogP contribution in [-0.4, -0.2) is 56.9 Å². The van der Waals surface area contributed by atoms with Crippen molar-refractivity contribution in [2.75, 3.05) is 61.6 Å². The normalized spacial score (nSPS) is 14.7. The molecule has 12 heteroatoms. The van der Waals surface area contributed by atoms with Gasteiger partial charge >= 0.3 is 0 Å². The summed E-state index contributed by atoms with van der Waals surface area (Å²) in [5, 5.41) is 7.79. The third-order valence-corrected chi connectivity index (χ3v) is 6.48. The van der Waals surface area contributed by atoms with Crippen LogP contribution in [0.25, 0.3) is 0 Å². The number of halogens is 2. The summed E-state index contributed by atoms with van der Waals surface area (Å²) in [6.07, 6.45) is 3.25. The third kappa shape index (κ3) is 6.56. The minimum Gasteiger partial charge on any atom is -0.494 e. The number of nitrogens with one attached hydrogen (secondary N) is 2. The largest absolute Gasteiger partial charge is 0.494 e. The molecule has 1 fully saturated rings. The van der Waals surface area contributed by atoms with E-state index < -0.39 is 5.82 Å². The predicted octanol–water partition coefficient (Wildman–Crippen LogP) is 5.11. The Morgan fingerprint density at radius 3 is 2.82 bits per heavy atom. The van der Waals surface area contributed by atoms with Gasteiger partial charge in [0.2, 0.25) is 5.91 Å². The zero-order valence-electron chi connectivity index (χ0n) is 21.9. The highest BCUT2D eigenvalue weighted by Crippen LogP contribution is 2.39. The second kappa shape index (κ2) is 12.7. The topological polar surface area (TPSA) is 101 Å². The number of hydroxylamine groups is 1. The van der Waals surface area contributed by atoms with E-state index in [1.165, 1.54) is 24.5 Å². The summed E-state index contributed by atoms with van der Waals surface area (Å²) >= 11 is 5.86. The zero-order valence-corrected chi connectivity index (χ0v) is 22.7. The van der Waals surface area contributed by atoms with Gasteiger partial charge < -0.3 is 25.0 Å². The lowest BCUT2D eigenvalue weighted by Crippen LogP contribution is -2.24. The number of likely N-dealkylation sites (N-methyl/N-ethyl adjacent to an activating group) is 1. The van der Waals surface area contributed by atoms with E-state index in [1.807, 2.05) is 18.0 Å². The highest BCUT2D eigenvalue weighted by Gasteiger charge is 2.30. The molecule has 0 bridgehead atoms. The maximum Gasteiger partial charge on any atom is 0.247 e. The molecule has 206 valence electrons. The van der Waals surface area contributed by atoms with Gasteiger partial charge in [-0.2, -0.15) is 0 Å². The average molecular weight is 557 g/mol. The van der Waals surface area contributed by atoms with E-state index >= 15 is 0 Å². The van der Waals surface area contributed by atoms with Gasteiger partial charge in [-0.15, -0.1) is 0 Å². The number of ether oxygens (including phenoxy) is 2. The number of carbonyl (C=O) groups is 1. The van der Waals surface area contributed by atoms with Crippen LogP contribution in [0.1, 0.15) is 18.0 Å². The Bertz CT molecular complexity index is 1340. The van der Waals surface area contributed by atoms with Crippen LogP contribution >= 0.6 is 11.6 Å². The van der Waals surface area contributed by atoms with Crippen LogP contribution in [0.4, 0.5) is 33.1 Å². The third-order valence-electron chi connectivity index (χ3n) is 6.18. The summed E-state index contributed by atoms with van der Waals surface area (Å²) < 4.78 is 25.0. The van der Waals surface area contributed by atoms with Crippen LogP contribution in [0.5, 0.6) is 5.75 Å². The zero-order chi connectivity index (χ0) is 27.9. The van der Waals surface area contributed by atoms with Gasteiger partial charge in [-0.05, 0) is 29.8 Å². The van der Waals surface area contributed by atoms with Crippen LogP contribution in [0.2, 0.25) is 5.02 Å². The number of aromatic nitrogens is 2. The molecular weight excluding hydrogens is 527 g/mol. The highest BCUT2D eigenvalue weighted by molar-refractivity contribution is 6.30. The Hall–Kier alpha value is -3.93. The van der Waals surface area contributed by atoms with Crippen molar-refractivity contribution in [2.24, 2.45) is 0 Å². The second-order valence-electron chi connectivity index (χ2n) is 8.70. The van der Waals surface area contributed by atoms with Crippen molar-refractivity contribution in [3.05, 3.63) is 71.8 Å². The Labute approximate surface area is 231 Å². The van der Waals surface area contributed by atoms with Gasteiger partial charge in [0.05, 0.1) is 48.5 Å². The van der Waals surface area contributed by atoms with E-state index in [-0.39, 0.29) is 17.0 Å². The monoisotopic (exact) mass is 556 g/mol. The van der Waals surface area contributed by atoms with Gasteiger partial charge in [0.1, 0.15) is 23.7 Å². The van der Waals surface area contributed by atoms with E-state index in [9.17, 15) is 9.18 Å². The van der Waals surface area contributed by atoms with Crippen LogP contribution in [0.15, 0.2) is 55.4 Å². The number of anilines is 5. The Morgan fingerprint density at radius 2 is 2.10 bits per heavy atom. The quantitative estimate of drug-likeness (QED) is 0.312. The molecule has 0 saturated carbocycles. The van der Waals surface area contributed by atoms with Crippen molar-refractivity contribution in [1.82, 2.24) is 9.97 Å². The molecule has 1 aliphatic heterocycles. The van der Waals surface area contributed by atoms with Gasteiger partial charge in [0.25, 0.3) is 0 Å². The Balaban J connectivity index is 1.64. The summed E-state index contributed by atoms with van der Waals surface area (Å²) in [6.45, 7) is 5.08. The van der Waals surface area contributed by atoms with Crippen LogP contribution in [-0.2, 0) is 14.4 Å². The summed E-state index contributed by atoms with van der Waals surface area (Å²) in [5.74, 6) is 0.622. The Morgan fingerprint density at radius 1 is 1.28 bits per heavy atom. The van der Waals surface area contributed by atoms with Crippen LogP contribution < -0.4 is 25.3 Å². The molecule has 0 aliphatic carbocycles.